The maximum absolute atomic E-state index is 13.4. The quantitative estimate of drug-likeness (QED) is 0.108. The summed E-state index contributed by atoms with van der Waals surface area (Å²) < 4.78 is 12.8. The number of allylic oxidation sites excluding steroid dienone is 1. The highest BCUT2D eigenvalue weighted by molar-refractivity contribution is 6.41. The molecule has 4 rings (SSSR count). The van der Waals surface area contributed by atoms with Gasteiger partial charge in [-0.15, -0.1) is 0 Å². The van der Waals surface area contributed by atoms with Crippen molar-refractivity contribution in [2.75, 3.05) is 50.6 Å². The molecule has 0 saturated heterocycles. The molecule has 1 aliphatic rings. The fourth-order valence-electron chi connectivity index (χ4n) is 5.85. The first kappa shape index (κ1) is 39.4. The Morgan fingerprint density at radius 2 is 1.78 bits per heavy atom. The lowest BCUT2D eigenvalue weighted by molar-refractivity contribution is -0.112. The van der Waals surface area contributed by atoms with E-state index in [1.165, 1.54) is 20.3 Å². The number of amides is 1. The largest absolute Gasteiger partial charge is 0.495 e. The zero-order valence-electron chi connectivity index (χ0n) is 30.1. The Kier molecular flexibility index (Phi) is 14.5. The van der Waals surface area contributed by atoms with Crippen molar-refractivity contribution in [2.45, 2.75) is 59.8 Å². The van der Waals surface area contributed by atoms with Gasteiger partial charge in [0.05, 0.1) is 19.9 Å². The van der Waals surface area contributed by atoms with Crippen LogP contribution < -0.4 is 41.3 Å². The van der Waals surface area contributed by atoms with Crippen molar-refractivity contribution >= 4 is 46.7 Å². The molecule has 13 heteroatoms. The number of benzene rings is 2. The van der Waals surface area contributed by atoms with Crippen LogP contribution in [-0.4, -0.2) is 62.1 Å². The number of carbonyl (C=O) groups excluding carboxylic acids is 1. The molecule has 1 amide bonds. The summed E-state index contributed by atoms with van der Waals surface area (Å²) in [5, 5.41) is 17.1. The Morgan fingerprint density at radius 3 is 2.41 bits per heavy atom. The standard InChI is InChI=1S/C38H47Cl2N7O4/c1-7-45(8-2)18-10-9-17-42-38-44-36-27(24-47(38)35-33(39)30(50-5)22-31(51-6)34(35)40)14-15-32(48)46(36)19-16-26-12-11-13-29(21-26)43-37(49)28(23-41)20-25(3)4/h11-15,20-22,24-25,38,42H,7-10,16-19H2,1-6H3,(H,43,49). The Morgan fingerprint density at radius 1 is 1.08 bits per heavy atom. The number of carbonyl (C=O) groups is 1. The van der Waals surface area contributed by atoms with Crippen LogP contribution in [0, 0.1) is 17.2 Å². The van der Waals surface area contributed by atoms with E-state index in [0.29, 0.717) is 63.1 Å². The molecule has 0 radical (unpaired) electrons. The molecule has 272 valence electrons. The Hall–Kier alpha value is -4.34. The second-order valence-electron chi connectivity index (χ2n) is 12.4. The van der Waals surface area contributed by atoms with Gasteiger partial charge in [0.15, 0.2) is 6.29 Å². The van der Waals surface area contributed by atoms with E-state index in [1.807, 2.05) is 49.2 Å². The maximum Gasteiger partial charge on any atom is 0.265 e. The van der Waals surface area contributed by atoms with Gasteiger partial charge in [0.1, 0.15) is 38.7 Å². The van der Waals surface area contributed by atoms with Crippen LogP contribution in [0.25, 0.3) is 6.20 Å². The summed E-state index contributed by atoms with van der Waals surface area (Å²) in [5.41, 5.74) is 2.30. The highest BCUT2D eigenvalue weighted by Crippen LogP contribution is 2.46. The predicted molar refractivity (Wildman–Crippen MR) is 204 cm³/mol. The maximum atomic E-state index is 13.4. The lowest BCUT2D eigenvalue weighted by Crippen LogP contribution is -2.54. The van der Waals surface area contributed by atoms with Crippen molar-refractivity contribution in [1.29, 1.82) is 5.26 Å². The number of ether oxygens (including phenoxy) is 2. The van der Waals surface area contributed by atoms with E-state index in [-0.39, 0.29) is 17.1 Å². The van der Waals surface area contributed by atoms with Crippen LogP contribution in [0.1, 0.15) is 46.1 Å². The lowest BCUT2D eigenvalue weighted by atomic mass is 10.1. The Bertz CT molecular complexity index is 1920. The van der Waals surface area contributed by atoms with Gasteiger partial charge >= 0.3 is 0 Å². The second kappa shape index (κ2) is 18.8. The number of nitrogens with one attached hydrogen (secondary N) is 2. The van der Waals surface area contributed by atoms with Crippen LogP contribution >= 0.6 is 23.2 Å². The topological polar surface area (TPSA) is 124 Å². The van der Waals surface area contributed by atoms with E-state index in [0.717, 1.165) is 38.0 Å². The minimum atomic E-state index is -0.655. The smallest absolute Gasteiger partial charge is 0.265 e. The molecule has 0 spiro atoms. The van der Waals surface area contributed by atoms with Gasteiger partial charge in [-0.2, -0.15) is 5.26 Å². The van der Waals surface area contributed by atoms with Crippen molar-refractivity contribution in [3.05, 3.63) is 90.8 Å². The first-order valence-corrected chi connectivity index (χ1v) is 18.0. The summed E-state index contributed by atoms with van der Waals surface area (Å²) in [7, 11) is 3.05. The van der Waals surface area contributed by atoms with E-state index in [1.54, 1.807) is 28.8 Å². The summed E-state index contributed by atoms with van der Waals surface area (Å²) >= 11 is 13.8. The number of hydrogen-bond donors (Lipinski definition) is 2. The first-order chi connectivity index (χ1) is 24.5. The Balaban J connectivity index is 1.68. The van der Waals surface area contributed by atoms with Crippen LogP contribution in [-0.2, 0) is 17.8 Å². The average molecular weight is 737 g/mol. The lowest BCUT2D eigenvalue weighted by Gasteiger charge is -2.33. The van der Waals surface area contributed by atoms with Gasteiger partial charge in [0.2, 0.25) is 0 Å². The van der Waals surface area contributed by atoms with Crippen molar-refractivity contribution in [1.82, 2.24) is 14.8 Å². The van der Waals surface area contributed by atoms with Gasteiger partial charge in [-0.1, -0.05) is 69.1 Å². The SMILES string of the molecule is CCN(CC)CCCCNC1N=c2c(ccc(=O)n2CCc2cccc(NC(=O)C(C#N)=CC(C)C)c2)=CN1c1c(Cl)c(OC)cc(OC)c1Cl. The molecule has 1 atom stereocenters. The molecule has 0 bridgehead atoms. The number of methoxy groups -OCH3 is 2. The molecule has 0 saturated carbocycles. The fraction of sp³-hybridized carbons (Fsp3) is 0.421. The molecule has 0 fully saturated rings. The van der Waals surface area contributed by atoms with E-state index in [2.05, 4.69) is 29.4 Å². The van der Waals surface area contributed by atoms with Crippen LogP contribution in [0.3, 0.4) is 0 Å². The first-order valence-electron chi connectivity index (χ1n) is 17.2. The van der Waals surface area contributed by atoms with E-state index < -0.39 is 12.2 Å². The molecule has 11 nitrogen and oxygen atoms in total. The molecule has 2 aromatic carbocycles. The van der Waals surface area contributed by atoms with Crippen LogP contribution in [0.15, 0.2) is 63.9 Å². The van der Waals surface area contributed by atoms with Gasteiger partial charge < -0.3 is 24.6 Å². The van der Waals surface area contributed by atoms with Crippen molar-refractivity contribution in [3.63, 3.8) is 0 Å². The van der Waals surface area contributed by atoms with E-state index >= 15 is 0 Å². The molecule has 0 aliphatic carbocycles. The molecular formula is C38H47Cl2N7O4. The number of fused-ring (bicyclic) bond motifs is 1. The van der Waals surface area contributed by atoms with Gasteiger partial charge in [-0.25, -0.2) is 4.99 Å². The number of hydrogen-bond acceptors (Lipinski definition) is 9. The van der Waals surface area contributed by atoms with Gasteiger partial charge in [-0.3, -0.25) is 19.5 Å². The summed E-state index contributed by atoms with van der Waals surface area (Å²) in [6.07, 6.45) is 5.26. The van der Waals surface area contributed by atoms with Crippen LogP contribution in [0.5, 0.6) is 11.5 Å². The molecule has 2 N–H and O–H groups in total. The zero-order valence-corrected chi connectivity index (χ0v) is 31.6. The number of nitriles is 1. The average Bonchev–Trinajstić information content (AvgIpc) is 3.12. The third kappa shape index (κ3) is 9.92. The summed E-state index contributed by atoms with van der Waals surface area (Å²) in [6, 6.07) is 14.2. The third-order valence-electron chi connectivity index (χ3n) is 8.58. The zero-order chi connectivity index (χ0) is 37.1. The predicted octanol–water partition coefficient (Wildman–Crippen LogP) is 5.33. The molecule has 51 heavy (non-hydrogen) atoms. The van der Waals surface area contributed by atoms with Crippen LogP contribution in [0.2, 0.25) is 10.0 Å². The van der Waals surface area contributed by atoms with Crippen molar-refractivity contribution in [2.24, 2.45) is 10.9 Å². The number of pyridine rings is 1. The summed E-state index contributed by atoms with van der Waals surface area (Å²) in [5.74, 6) is 0.388. The monoisotopic (exact) mass is 735 g/mol. The highest BCUT2D eigenvalue weighted by atomic mass is 35.5. The number of aromatic nitrogens is 1. The van der Waals surface area contributed by atoms with Crippen molar-refractivity contribution in [3.8, 4) is 17.6 Å². The normalized spacial score (nSPS) is 14.1. The van der Waals surface area contributed by atoms with Crippen molar-refractivity contribution < 1.29 is 14.3 Å². The van der Waals surface area contributed by atoms with Gasteiger partial charge in [-0.05, 0) is 75.1 Å². The number of halogens is 2. The molecule has 2 heterocycles. The molecular weight excluding hydrogens is 689 g/mol. The molecule has 1 unspecified atom stereocenters. The number of anilines is 2. The third-order valence-corrected chi connectivity index (χ3v) is 9.31. The Labute approximate surface area is 309 Å². The van der Waals surface area contributed by atoms with Crippen LogP contribution in [0.4, 0.5) is 11.4 Å². The number of aryl methyl sites for hydroxylation is 1. The van der Waals surface area contributed by atoms with E-state index in [9.17, 15) is 14.9 Å². The molecule has 1 aromatic heterocycles. The molecule has 1 aliphatic heterocycles. The van der Waals surface area contributed by atoms with Gasteiger partial charge in [0, 0.05) is 35.8 Å². The van der Waals surface area contributed by atoms with Gasteiger partial charge in [0.25, 0.3) is 11.5 Å². The fourth-order valence-corrected chi connectivity index (χ4v) is 6.54. The number of nitrogens with zero attached hydrogens (tertiary/aromatic N) is 5. The number of unbranched alkanes of at least 4 members (excludes halogenated alkanes) is 1. The second-order valence-corrected chi connectivity index (χ2v) is 13.2. The summed E-state index contributed by atoms with van der Waals surface area (Å²) in [4.78, 5) is 35.4. The molecule has 3 aromatic rings. The minimum Gasteiger partial charge on any atom is -0.495 e. The van der Waals surface area contributed by atoms with E-state index in [4.69, 9.17) is 37.7 Å². The highest BCUT2D eigenvalue weighted by Gasteiger charge is 2.28. The minimum absolute atomic E-state index is 0.0567. The number of rotatable bonds is 17. The summed E-state index contributed by atoms with van der Waals surface area (Å²) in [6.45, 7) is 12.1.